The summed E-state index contributed by atoms with van der Waals surface area (Å²) in [6.45, 7) is 3.63. The van der Waals surface area contributed by atoms with Gasteiger partial charge in [-0.3, -0.25) is 9.59 Å². The highest BCUT2D eigenvalue weighted by Gasteiger charge is 2.46. The van der Waals surface area contributed by atoms with Crippen LogP contribution >= 0.6 is 0 Å². The largest absolute Gasteiger partial charge is 0.383 e. The summed E-state index contributed by atoms with van der Waals surface area (Å²) >= 11 is 0. The molecule has 1 fully saturated rings. The van der Waals surface area contributed by atoms with Crippen LogP contribution in [0.15, 0.2) is 85.1 Å². The van der Waals surface area contributed by atoms with E-state index < -0.39 is 12.0 Å². The molecule has 2 unspecified atom stereocenters. The molecule has 1 saturated heterocycles. The van der Waals surface area contributed by atoms with Gasteiger partial charge in [0.15, 0.2) is 0 Å². The van der Waals surface area contributed by atoms with E-state index in [9.17, 15) is 9.59 Å². The first-order valence-corrected chi connectivity index (χ1v) is 13.6. The average molecular weight is 523 g/mol. The topological polar surface area (TPSA) is 58.0 Å². The number of rotatable bonds is 6. The molecule has 6 rings (SSSR count). The zero-order chi connectivity index (χ0) is 26.9. The second-order valence-electron chi connectivity index (χ2n) is 10.4. The number of hydrogen-bond donors (Lipinski definition) is 0. The third kappa shape index (κ3) is 4.46. The predicted octanol–water partition coefficient (Wildman–Crippen LogP) is 4.45. The normalized spacial score (nSPS) is 19.4. The molecule has 0 bridgehead atoms. The van der Waals surface area contributed by atoms with Crippen LogP contribution in [0, 0.1) is 0 Å². The van der Waals surface area contributed by atoms with E-state index in [-0.39, 0.29) is 11.8 Å². The first-order valence-electron chi connectivity index (χ1n) is 13.6. The van der Waals surface area contributed by atoms with Crippen molar-refractivity contribution in [3.8, 4) is 0 Å². The van der Waals surface area contributed by atoms with Gasteiger partial charge in [0.2, 0.25) is 5.91 Å². The molecule has 39 heavy (non-hydrogen) atoms. The Morgan fingerprint density at radius 1 is 0.872 bits per heavy atom. The molecule has 3 aromatic carbocycles. The lowest BCUT2D eigenvalue weighted by molar-refractivity contribution is -0.135. The summed E-state index contributed by atoms with van der Waals surface area (Å²) in [5.41, 5.74) is 4.66. The minimum atomic E-state index is -0.509. The van der Waals surface area contributed by atoms with Crippen LogP contribution in [0.25, 0.3) is 10.9 Å². The van der Waals surface area contributed by atoms with E-state index >= 15 is 0 Å². The molecule has 2 aliphatic rings. The van der Waals surface area contributed by atoms with Gasteiger partial charge in [0.1, 0.15) is 0 Å². The molecule has 0 saturated carbocycles. The zero-order valence-corrected chi connectivity index (χ0v) is 22.5. The van der Waals surface area contributed by atoms with Crippen molar-refractivity contribution in [1.82, 2.24) is 14.4 Å². The van der Waals surface area contributed by atoms with Crippen LogP contribution in [0.4, 0.5) is 5.69 Å². The maximum absolute atomic E-state index is 14.5. The molecule has 2 atom stereocenters. The van der Waals surface area contributed by atoms with Crippen LogP contribution in [-0.4, -0.2) is 72.6 Å². The van der Waals surface area contributed by atoms with Gasteiger partial charge in [-0.2, -0.15) is 0 Å². The van der Waals surface area contributed by atoms with Crippen molar-refractivity contribution in [3.05, 3.63) is 102 Å². The number of aryl methyl sites for hydroxylation is 1. The number of carbonyl (C=O) groups is 2. The van der Waals surface area contributed by atoms with Crippen molar-refractivity contribution in [1.29, 1.82) is 0 Å². The van der Waals surface area contributed by atoms with Crippen LogP contribution in [0.2, 0.25) is 0 Å². The number of anilines is 1. The van der Waals surface area contributed by atoms with E-state index in [1.807, 2.05) is 71.4 Å². The van der Waals surface area contributed by atoms with Gasteiger partial charge in [0.25, 0.3) is 5.91 Å². The number of hydrogen-bond acceptors (Lipinski definition) is 4. The third-order valence-corrected chi connectivity index (χ3v) is 8.20. The molecule has 7 heteroatoms. The summed E-state index contributed by atoms with van der Waals surface area (Å²) < 4.78 is 7.51. The number of fused-ring (bicyclic) bond motifs is 2. The van der Waals surface area contributed by atoms with E-state index in [0.717, 1.165) is 35.1 Å². The fraction of sp³-hybridized carbons (Fsp3) is 0.312. The quantitative estimate of drug-likeness (QED) is 0.375. The van der Waals surface area contributed by atoms with Crippen LogP contribution < -0.4 is 4.90 Å². The third-order valence-electron chi connectivity index (χ3n) is 8.20. The number of ether oxygens (including phenoxy) is 1. The lowest BCUT2D eigenvalue weighted by Crippen LogP contribution is -2.53. The van der Waals surface area contributed by atoms with Gasteiger partial charge in [0.05, 0.1) is 18.6 Å². The van der Waals surface area contributed by atoms with Crippen molar-refractivity contribution < 1.29 is 14.3 Å². The molecule has 200 valence electrons. The Bertz CT molecular complexity index is 1490. The second kappa shape index (κ2) is 10.6. The number of para-hydroxylation sites is 2. The molecule has 3 heterocycles. The summed E-state index contributed by atoms with van der Waals surface area (Å²) in [5, 5.41) is 1.06. The smallest absolute Gasteiger partial charge is 0.254 e. The summed E-state index contributed by atoms with van der Waals surface area (Å²) in [4.78, 5) is 34.6. The highest BCUT2D eigenvalue weighted by Crippen LogP contribution is 2.46. The fourth-order valence-electron chi connectivity index (χ4n) is 6.27. The van der Waals surface area contributed by atoms with Crippen molar-refractivity contribution in [2.75, 3.05) is 51.3 Å². The number of methoxy groups -OCH3 is 1. The lowest BCUT2D eigenvalue weighted by atomic mass is 9.78. The summed E-state index contributed by atoms with van der Waals surface area (Å²) in [5.74, 6) is -0.494. The Labute approximate surface area is 229 Å². The highest BCUT2D eigenvalue weighted by atomic mass is 16.5. The predicted molar refractivity (Wildman–Crippen MR) is 153 cm³/mol. The van der Waals surface area contributed by atoms with Gasteiger partial charge in [-0.05, 0) is 29.8 Å². The van der Waals surface area contributed by atoms with E-state index in [0.29, 0.717) is 31.8 Å². The van der Waals surface area contributed by atoms with E-state index in [1.54, 1.807) is 7.11 Å². The summed E-state index contributed by atoms with van der Waals surface area (Å²) in [6.07, 6.45) is 2.09. The van der Waals surface area contributed by atoms with Crippen LogP contribution in [0.3, 0.4) is 0 Å². The summed E-state index contributed by atoms with van der Waals surface area (Å²) in [6, 6.07) is 25.7. The number of benzene rings is 3. The molecular formula is C32H34N4O3. The van der Waals surface area contributed by atoms with E-state index in [1.165, 1.54) is 5.69 Å². The van der Waals surface area contributed by atoms with Crippen molar-refractivity contribution in [3.63, 3.8) is 0 Å². The maximum atomic E-state index is 14.5. The molecule has 0 spiro atoms. The van der Waals surface area contributed by atoms with Gasteiger partial charge >= 0.3 is 0 Å². The van der Waals surface area contributed by atoms with Gasteiger partial charge < -0.3 is 24.0 Å². The van der Waals surface area contributed by atoms with Gasteiger partial charge in [-0.15, -0.1) is 0 Å². The Morgan fingerprint density at radius 2 is 1.56 bits per heavy atom. The average Bonchev–Trinajstić information content (AvgIpc) is 3.32. The first kappa shape index (κ1) is 25.2. The number of amides is 2. The Kier molecular flexibility index (Phi) is 6.83. The van der Waals surface area contributed by atoms with E-state index in [4.69, 9.17) is 4.74 Å². The van der Waals surface area contributed by atoms with Crippen LogP contribution in [-0.2, 0) is 16.6 Å². The first-order chi connectivity index (χ1) is 19.1. The second-order valence-corrected chi connectivity index (χ2v) is 10.4. The molecule has 7 nitrogen and oxygen atoms in total. The number of nitrogens with zero attached hydrogens (tertiary/aromatic N) is 4. The minimum absolute atomic E-state index is 0.0569. The van der Waals surface area contributed by atoms with Gasteiger partial charge in [0, 0.05) is 80.8 Å². The van der Waals surface area contributed by atoms with Gasteiger partial charge in [-0.25, -0.2) is 0 Å². The molecule has 4 aromatic rings. The number of piperazine rings is 1. The molecule has 1 aromatic heterocycles. The minimum Gasteiger partial charge on any atom is -0.383 e. The lowest BCUT2D eigenvalue weighted by Gasteiger charge is -2.44. The molecule has 2 amide bonds. The standard InChI is InChI=1S/C32H34N4O3/c1-33-22-27(24-12-8-9-15-28(24)33)30-29(25-13-6-7-14-26(25)31(37)36(30)20-21-39-2)32(38)35-18-16-34(17-19-35)23-10-4-3-5-11-23/h3-15,22,29-30H,16-21H2,1-2H3. The number of carbonyl (C=O) groups excluding carboxylic acids is 2. The molecule has 0 radical (unpaired) electrons. The monoisotopic (exact) mass is 522 g/mol. The van der Waals surface area contributed by atoms with Crippen molar-refractivity contribution in [2.24, 2.45) is 7.05 Å². The van der Waals surface area contributed by atoms with Crippen LogP contribution in [0.5, 0.6) is 0 Å². The fourth-order valence-corrected chi connectivity index (χ4v) is 6.27. The SMILES string of the molecule is COCCN1C(=O)c2ccccc2C(C(=O)N2CCN(c3ccccc3)CC2)C1c1cn(C)c2ccccc12. The Hall–Kier alpha value is -4.10. The number of aromatic nitrogens is 1. The maximum Gasteiger partial charge on any atom is 0.254 e. The summed E-state index contributed by atoms with van der Waals surface area (Å²) in [7, 11) is 3.66. The molecule has 2 aliphatic heterocycles. The van der Waals surface area contributed by atoms with Crippen molar-refractivity contribution in [2.45, 2.75) is 12.0 Å². The van der Waals surface area contributed by atoms with Crippen molar-refractivity contribution >= 4 is 28.4 Å². The Morgan fingerprint density at radius 3 is 2.33 bits per heavy atom. The van der Waals surface area contributed by atoms with E-state index in [2.05, 4.69) is 39.9 Å². The zero-order valence-electron chi connectivity index (χ0n) is 22.5. The Balaban J connectivity index is 1.42. The molecule has 0 N–H and O–H groups in total. The molecule has 0 aliphatic carbocycles. The molecular weight excluding hydrogens is 488 g/mol. The van der Waals surface area contributed by atoms with Crippen LogP contribution in [0.1, 0.15) is 33.4 Å². The highest BCUT2D eigenvalue weighted by molar-refractivity contribution is 6.02. The van der Waals surface area contributed by atoms with Gasteiger partial charge in [-0.1, -0.05) is 54.6 Å².